The number of piperidine rings is 1. The monoisotopic (exact) mass is 438 g/mol. The fraction of sp³-hybridized carbons (Fsp3) is 0.560. The summed E-state index contributed by atoms with van der Waals surface area (Å²) in [6.45, 7) is 1.87. The molecule has 1 N–H and O–H groups in total. The minimum Gasteiger partial charge on any atom is -0.356 e. The van der Waals surface area contributed by atoms with Crippen LogP contribution in [0, 0.1) is 0 Å². The number of rotatable bonds is 4. The van der Waals surface area contributed by atoms with Crippen LogP contribution in [0.15, 0.2) is 30.6 Å². The van der Waals surface area contributed by atoms with Gasteiger partial charge < -0.3 is 10.2 Å². The van der Waals surface area contributed by atoms with E-state index in [0.29, 0.717) is 0 Å². The number of carbonyl (C=O) groups excluding carboxylic acids is 1. The van der Waals surface area contributed by atoms with Gasteiger partial charge in [0.15, 0.2) is 0 Å². The maximum Gasteiger partial charge on any atom is 0.230 e. The maximum atomic E-state index is 13.5. The van der Waals surface area contributed by atoms with Crippen LogP contribution in [0.1, 0.15) is 68.2 Å². The summed E-state index contributed by atoms with van der Waals surface area (Å²) in [6.07, 6.45) is 12.3. The van der Waals surface area contributed by atoms with Gasteiger partial charge in [-0.2, -0.15) is 0 Å². The fourth-order valence-corrected chi connectivity index (χ4v) is 5.86. The second-order valence-electron chi connectivity index (χ2n) is 9.36. The fourth-order valence-electron chi connectivity index (χ4n) is 5.73. The second-order valence-corrected chi connectivity index (χ2v) is 9.80. The molecule has 2 heterocycles. The molecule has 164 valence electrons. The van der Waals surface area contributed by atoms with E-state index in [1.54, 1.807) is 6.33 Å². The lowest BCUT2D eigenvalue weighted by Crippen LogP contribution is -2.51. The molecule has 0 unspecified atom stereocenters. The van der Waals surface area contributed by atoms with E-state index in [1.807, 2.05) is 24.3 Å². The molecule has 1 aliphatic heterocycles. The first-order valence-electron chi connectivity index (χ1n) is 11.8. The van der Waals surface area contributed by atoms with Crippen LogP contribution >= 0.6 is 11.6 Å². The third-order valence-corrected chi connectivity index (χ3v) is 7.77. The Morgan fingerprint density at radius 3 is 2.45 bits per heavy atom. The first kappa shape index (κ1) is 20.7. The van der Waals surface area contributed by atoms with Gasteiger partial charge in [-0.1, -0.05) is 36.6 Å². The van der Waals surface area contributed by atoms with Crippen LogP contribution in [-0.2, 0) is 23.1 Å². The van der Waals surface area contributed by atoms with Crippen molar-refractivity contribution in [2.24, 2.45) is 0 Å². The molecule has 5 nitrogen and oxygen atoms in total. The van der Waals surface area contributed by atoms with Crippen LogP contribution in [0.25, 0.3) is 0 Å². The number of carbonyl (C=O) groups is 1. The number of benzene rings is 1. The molecule has 5 rings (SSSR count). The normalized spacial score (nSPS) is 21.0. The Bertz CT molecular complexity index is 931. The molecule has 3 aliphatic rings. The number of aromatic nitrogens is 2. The van der Waals surface area contributed by atoms with E-state index in [2.05, 4.69) is 20.2 Å². The Kier molecular flexibility index (Phi) is 5.87. The summed E-state index contributed by atoms with van der Waals surface area (Å²) in [7, 11) is 0. The number of anilines is 1. The Morgan fingerprint density at radius 1 is 1.00 bits per heavy atom. The smallest absolute Gasteiger partial charge is 0.230 e. The van der Waals surface area contributed by atoms with Crippen LogP contribution < -0.4 is 10.2 Å². The molecule has 2 aliphatic carbocycles. The van der Waals surface area contributed by atoms with Gasteiger partial charge in [0.25, 0.3) is 0 Å². The number of hydrogen-bond acceptors (Lipinski definition) is 4. The van der Waals surface area contributed by atoms with E-state index in [1.165, 1.54) is 24.1 Å². The zero-order valence-corrected chi connectivity index (χ0v) is 18.8. The molecule has 6 heteroatoms. The highest BCUT2D eigenvalue weighted by Gasteiger charge is 2.43. The molecule has 1 saturated carbocycles. The van der Waals surface area contributed by atoms with Gasteiger partial charge in [-0.3, -0.25) is 4.79 Å². The van der Waals surface area contributed by atoms with Crippen molar-refractivity contribution in [1.29, 1.82) is 0 Å². The summed E-state index contributed by atoms with van der Waals surface area (Å²) in [4.78, 5) is 25.0. The summed E-state index contributed by atoms with van der Waals surface area (Å²) >= 11 is 6.09. The zero-order chi connectivity index (χ0) is 21.3. The van der Waals surface area contributed by atoms with Crippen molar-refractivity contribution in [3.05, 3.63) is 52.4 Å². The molecule has 1 aromatic carbocycles. The van der Waals surface area contributed by atoms with Gasteiger partial charge in [0.1, 0.15) is 12.1 Å². The second kappa shape index (κ2) is 8.78. The van der Waals surface area contributed by atoms with Gasteiger partial charge >= 0.3 is 0 Å². The molecule has 1 amide bonds. The third-order valence-electron chi connectivity index (χ3n) is 7.52. The lowest BCUT2D eigenvalue weighted by atomic mass is 9.77. The molecule has 2 fully saturated rings. The predicted octanol–water partition coefficient (Wildman–Crippen LogP) is 4.61. The van der Waals surface area contributed by atoms with Crippen molar-refractivity contribution < 1.29 is 4.79 Å². The number of nitrogens with zero attached hydrogens (tertiary/aromatic N) is 3. The van der Waals surface area contributed by atoms with Gasteiger partial charge in [0.05, 0.1) is 5.41 Å². The Balaban J connectivity index is 1.25. The number of fused-ring (bicyclic) bond motifs is 1. The van der Waals surface area contributed by atoms with Crippen molar-refractivity contribution in [2.45, 2.75) is 75.7 Å². The molecule has 0 radical (unpaired) electrons. The number of nitrogens with one attached hydrogen (secondary N) is 1. The Labute approximate surface area is 189 Å². The largest absolute Gasteiger partial charge is 0.356 e. The van der Waals surface area contributed by atoms with E-state index >= 15 is 0 Å². The average Bonchev–Trinajstić information content (AvgIpc) is 3.31. The molecular weight excluding hydrogens is 408 g/mol. The Hall–Kier alpha value is -2.14. The molecule has 31 heavy (non-hydrogen) atoms. The first-order valence-corrected chi connectivity index (χ1v) is 12.2. The van der Waals surface area contributed by atoms with Crippen LogP contribution in [0.5, 0.6) is 0 Å². The number of aryl methyl sites for hydroxylation is 1. The van der Waals surface area contributed by atoms with E-state index in [9.17, 15) is 4.79 Å². The molecule has 2 aromatic rings. The lowest BCUT2D eigenvalue weighted by molar-refractivity contribution is -0.127. The van der Waals surface area contributed by atoms with Crippen molar-refractivity contribution in [2.75, 3.05) is 18.0 Å². The van der Waals surface area contributed by atoms with Gasteiger partial charge in [-0.15, -0.1) is 0 Å². The summed E-state index contributed by atoms with van der Waals surface area (Å²) in [5.74, 6) is 1.33. The van der Waals surface area contributed by atoms with Gasteiger partial charge in [0, 0.05) is 35.4 Å². The maximum absolute atomic E-state index is 13.5. The van der Waals surface area contributed by atoms with Gasteiger partial charge in [0.2, 0.25) is 5.91 Å². The van der Waals surface area contributed by atoms with Crippen molar-refractivity contribution in [3.8, 4) is 0 Å². The summed E-state index contributed by atoms with van der Waals surface area (Å²) < 4.78 is 0. The summed E-state index contributed by atoms with van der Waals surface area (Å²) in [5, 5.41) is 4.14. The minimum atomic E-state index is -0.395. The molecule has 0 atom stereocenters. The number of amides is 1. The third kappa shape index (κ3) is 4.05. The van der Waals surface area contributed by atoms with E-state index in [-0.39, 0.29) is 11.9 Å². The predicted molar refractivity (Wildman–Crippen MR) is 124 cm³/mol. The van der Waals surface area contributed by atoms with Crippen LogP contribution in [0.4, 0.5) is 5.82 Å². The quantitative estimate of drug-likeness (QED) is 0.757. The van der Waals surface area contributed by atoms with Crippen molar-refractivity contribution >= 4 is 23.3 Å². The number of hydrogen-bond donors (Lipinski definition) is 1. The molecule has 0 spiro atoms. The highest BCUT2D eigenvalue weighted by molar-refractivity contribution is 6.30. The van der Waals surface area contributed by atoms with E-state index in [0.717, 1.165) is 80.9 Å². The summed E-state index contributed by atoms with van der Waals surface area (Å²) in [5.41, 5.74) is 3.30. The van der Waals surface area contributed by atoms with Crippen LogP contribution in [0.2, 0.25) is 5.02 Å². The zero-order valence-electron chi connectivity index (χ0n) is 18.1. The van der Waals surface area contributed by atoms with Crippen molar-refractivity contribution in [3.63, 3.8) is 0 Å². The highest BCUT2D eigenvalue weighted by Crippen LogP contribution is 2.42. The molecule has 0 bridgehead atoms. The van der Waals surface area contributed by atoms with Crippen molar-refractivity contribution in [1.82, 2.24) is 15.3 Å². The standard InChI is InChI=1S/C25H31ClN4O/c26-19-9-7-18(8-10-19)25(13-3-4-14-25)24(31)29-20-11-15-30(16-12-20)23-21-5-1-2-6-22(21)27-17-28-23/h7-10,17,20H,1-6,11-16H2,(H,29,31). The van der Waals surface area contributed by atoms with E-state index < -0.39 is 5.41 Å². The molecular formula is C25H31ClN4O. The summed E-state index contributed by atoms with van der Waals surface area (Å²) in [6, 6.07) is 8.12. The molecule has 1 saturated heterocycles. The Morgan fingerprint density at radius 2 is 1.71 bits per heavy atom. The topological polar surface area (TPSA) is 58.1 Å². The first-order chi connectivity index (χ1) is 15.2. The van der Waals surface area contributed by atoms with Crippen LogP contribution in [-0.4, -0.2) is 35.0 Å². The SMILES string of the molecule is O=C(NC1CCN(c2ncnc3c2CCCC3)CC1)C1(c2ccc(Cl)cc2)CCCC1. The lowest BCUT2D eigenvalue weighted by Gasteiger charge is -2.37. The average molecular weight is 439 g/mol. The van der Waals surface area contributed by atoms with E-state index in [4.69, 9.17) is 11.6 Å². The van der Waals surface area contributed by atoms with Gasteiger partial charge in [-0.25, -0.2) is 9.97 Å². The van der Waals surface area contributed by atoms with Gasteiger partial charge in [-0.05, 0) is 69.1 Å². The molecule has 1 aromatic heterocycles. The van der Waals surface area contributed by atoms with Crippen LogP contribution in [0.3, 0.4) is 0 Å². The highest BCUT2D eigenvalue weighted by atomic mass is 35.5. The minimum absolute atomic E-state index is 0.199. The number of halogens is 1.